The quantitative estimate of drug-likeness (QED) is 0.0958. The van der Waals surface area contributed by atoms with Gasteiger partial charge in [-0.1, -0.05) is 91.4 Å². The van der Waals surface area contributed by atoms with Crippen LogP contribution in [0.5, 0.6) is 5.06 Å². The molecule has 0 aliphatic heterocycles. The number of hydrogen-bond acceptors (Lipinski definition) is 5. The van der Waals surface area contributed by atoms with Gasteiger partial charge >= 0.3 is 0 Å². The molecule has 0 atom stereocenters. The molecule has 0 amide bonds. The molecule has 0 N–H and O–H groups in total. The SMILES string of the molecule is CCCCCCOc1cc2sc3c4c(sc3c2s1)-c1cc2cc3c(cc2cc1C4(CC)CC)-c1sc(CCCCCC)cc1C3(CC)CC. The summed E-state index contributed by atoms with van der Waals surface area (Å²) in [5.74, 6) is 0. The van der Waals surface area contributed by atoms with Crippen molar-refractivity contribution in [3.63, 3.8) is 0 Å². The van der Waals surface area contributed by atoms with Gasteiger partial charge < -0.3 is 4.74 Å². The third kappa shape index (κ3) is 5.14. The highest BCUT2D eigenvalue weighted by Crippen LogP contribution is 2.63. The highest BCUT2D eigenvalue weighted by Gasteiger charge is 2.46. The van der Waals surface area contributed by atoms with Gasteiger partial charge in [0.05, 0.1) is 25.4 Å². The molecule has 0 radical (unpaired) electrons. The predicted octanol–water partition coefficient (Wildman–Crippen LogP) is 15.6. The van der Waals surface area contributed by atoms with E-state index in [9.17, 15) is 0 Å². The van der Waals surface area contributed by atoms with Crippen molar-refractivity contribution in [1.29, 1.82) is 0 Å². The van der Waals surface area contributed by atoms with Crippen molar-refractivity contribution < 1.29 is 4.74 Å². The first kappa shape index (κ1) is 33.9. The maximum Gasteiger partial charge on any atom is 0.175 e. The normalized spacial score (nSPS) is 15.4. The lowest BCUT2D eigenvalue weighted by atomic mass is 9.72. The zero-order valence-corrected chi connectivity index (χ0v) is 33.7. The summed E-state index contributed by atoms with van der Waals surface area (Å²) < 4.78 is 12.1. The Morgan fingerprint density at radius 1 is 0.531 bits per heavy atom. The van der Waals surface area contributed by atoms with E-state index in [0.717, 1.165) is 43.8 Å². The molecule has 2 aliphatic rings. The first-order valence-electron chi connectivity index (χ1n) is 19.4. The summed E-state index contributed by atoms with van der Waals surface area (Å²) in [6, 6.07) is 15.4. The Morgan fingerprint density at radius 2 is 1.18 bits per heavy atom. The number of benzene rings is 2. The molecular formula is C44H52OS4. The number of rotatable bonds is 15. The van der Waals surface area contributed by atoms with E-state index in [-0.39, 0.29) is 10.8 Å². The van der Waals surface area contributed by atoms with E-state index in [1.165, 1.54) is 96.9 Å². The van der Waals surface area contributed by atoms with Gasteiger partial charge in [0.1, 0.15) is 0 Å². The zero-order valence-electron chi connectivity index (χ0n) is 30.4. The minimum Gasteiger partial charge on any atom is -0.484 e. The van der Waals surface area contributed by atoms with Crippen LogP contribution in [0.15, 0.2) is 36.4 Å². The summed E-state index contributed by atoms with van der Waals surface area (Å²) in [5, 5.41) is 3.94. The molecular weight excluding hydrogens is 673 g/mol. The van der Waals surface area contributed by atoms with Crippen molar-refractivity contribution in [3.05, 3.63) is 63.5 Å². The maximum atomic E-state index is 6.26. The number of aryl methyl sites for hydroxylation is 1. The molecule has 5 heteroatoms. The Balaban J connectivity index is 1.22. The molecule has 4 aromatic heterocycles. The topological polar surface area (TPSA) is 9.23 Å². The summed E-state index contributed by atoms with van der Waals surface area (Å²) >= 11 is 8.05. The van der Waals surface area contributed by atoms with Crippen LogP contribution in [0.4, 0.5) is 0 Å². The van der Waals surface area contributed by atoms with Gasteiger partial charge in [-0.15, -0.1) is 34.0 Å². The second kappa shape index (κ2) is 13.4. The highest BCUT2D eigenvalue weighted by molar-refractivity contribution is 7.40. The molecule has 49 heavy (non-hydrogen) atoms. The first-order valence-corrected chi connectivity index (χ1v) is 22.6. The summed E-state index contributed by atoms with van der Waals surface area (Å²) in [4.78, 5) is 4.69. The number of fused-ring (bicyclic) bond motifs is 11. The van der Waals surface area contributed by atoms with Crippen LogP contribution in [0.25, 0.3) is 50.5 Å². The first-order chi connectivity index (χ1) is 24.0. The average Bonchev–Trinajstić information content (AvgIpc) is 3.94. The number of ether oxygens (including phenoxy) is 1. The summed E-state index contributed by atoms with van der Waals surface area (Å²) in [6.07, 6.45) is 16.1. The lowest BCUT2D eigenvalue weighted by molar-refractivity contribution is 0.314. The monoisotopic (exact) mass is 724 g/mol. The molecule has 4 heterocycles. The molecule has 0 saturated heterocycles. The molecule has 2 aliphatic carbocycles. The van der Waals surface area contributed by atoms with Crippen molar-refractivity contribution in [2.75, 3.05) is 6.61 Å². The number of thiophene rings is 4. The van der Waals surface area contributed by atoms with E-state index in [1.807, 2.05) is 22.7 Å². The fraction of sp³-hybridized carbons (Fsp3) is 0.500. The largest absolute Gasteiger partial charge is 0.484 e. The Bertz CT molecular complexity index is 2140. The van der Waals surface area contributed by atoms with E-state index in [0.29, 0.717) is 0 Å². The Hall–Kier alpha value is -2.18. The lowest BCUT2D eigenvalue weighted by Gasteiger charge is -2.30. The zero-order chi connectivity index (χ0) is 33.9. The van der Waals surface area contributed by atoms with Crippen molar-refractivity contribution in [3.8, 4) is 25.9 Å². The third-order valence-corrected chi connectivity index (χ3v) is 17.4. The number of hydrogen-bond donors (Lipinski definition) is 0. The fourth-order valence-electron chi connectivity index (χ4n) is 9.40. The molecule has 6 aromatic rings. The van der Waals surface area contributed by atoms with E-state index >= 15 is 0 Å². The van der Waals surface area contributed by atoms with Gasteiger partial charge in [0.25, 0.3) is 0 Å². The molecule has 0 saturated carbocycles. The van der Waals surface area contributed by atoms with E-state index in [4.69, 9.17) is 4.74 Å². The van der Waals surface area contributed by atoms with Crippen molar-refractivity contribution in [2.24, 2.45) is 0 Å². The lowest BCUT2D eigenvalue weighted by Crippen LogP contribution is -2.23. The second-order valence-corrected chi connectivity index (χ2v) is 18.9. The molecule has 0 bridgehead atoms. The van der Waals surface area contributed by atoms with Crippen LogP contribution in [-0.2, 0) is 17.3 Å². The standard InChI is InChI=1S/C44H52OS4/c1-7-13-15-17-19-29-25-34-38(46-29)30-21-27-24-33-31(22-28(27)23-32(30)43(34,9-3)10-4)39-37(44(33,11-5)12-6)41-42(49-39)40-35(47-41)26-36(48-40)45-20-18-16-14-8-2/h21-26H,7-20H2,1-6H3. The summed E-state index contributed by atoms with van der Waals surface area (Å²) in [7, 11) is 0. The van der Waals surface area contributed by atoms with Crippen molar-refractivity contribution >= 4 is 74.9 Å². The van der Waals surface area contributed by atoms with Gasteiger partial charge in [-0.3, -0.25) is 0 Å². The Morgan fingerprint density at radius 3 is 1.86 bits per heavy atom. The van der Waals surface area contributed by atoms with Crippen LogP contribution in [0.1, 0.15) is 146 Å². The third-order valence-electron chi connectivity index (χ3n) is 12.3. The Labute approximate surface area is 309 Å². The molecule has 0 fully saturated rings. The second-order valence-electron chi connectivity index (χ2n) is 14.7. The van der Waals surface area contributed by atoms with E-state index in [2.05, 4.69) is 101 Å². The molecule has 1 nitrogen and oxygen atoms in total. The van der Waals surface area contributed by atoms with Crippen LogP contribution in [0.3, 0.4) is 0 Å². The van der Waals surface area contributed by atoms with Crippen LogP contribution >= 0.6 is 45.3 Å². The maximum absolute atomic E-state index is 6.26. The molecule has 2 aromatic carbocycles. The van der Waals surface area contributed by atoms with E-state index < -0.39 is 0 Å². The molecule has 8 rings (SSSR count). The van der Waals surface area contributed by atoms with Crippen LogP contribution in [0, 0.1) is 0 Å². The Kier molecular flexibility index (Phi) is 9.29. The van der Waals surface area contributed by atoms with Crippen LogP contribution < -0.4 is 4.74 Å². The van der Waals surface area contributed by atoms with Gasteiger partial charge in [0, 0.05) is 31.5 Å². The smallest absolute Gasteiger partial charge is 0.175 e. The van der Waals surface area contributed by atoms with Crippen molar-refractivity contribution in [1.82, 2.24) is 0 Å². The number of unbranched alkanes of at least 4 members (excludes halogenated alkanes) is 6. The van der Waals surface area contributed by atoms with Crippen LogP contribution in [-0.4, -0.2) is 6.61 Å². The van der Waals surface area contributed by atoms with Crippen molar-refractivity contribution in [2.45, 2.75) is 136 Å². The summed E-state index contributed by atoms with van der Waals surface area (Å²) in [6.45, 7) is 15.1. The predicted molar refractivity (Wildman–Crippen MR) is 222 cm³/mol. The van der Waals surface area contributed by atoms with Gasteiger partial charge in [-0.25, -0.2) is 0 Å². The van der Waals surface area contributed by atoms with Gasteiger partial charge in [-0.05, 0) is 119 Å². The van der Waals surface area contributed by atoms with Crippen LogP contribution in [0.2, 0.25) is 0 Å². The summed E-state index contributed by atoms with van der Waals surface area (Å²) in [5.41, 5.74) is 9.60. The average molecular weight is 725 g/mol. The molecule has 0 spiro atoms. The molecule has 258 valence electrons. The van der Waals surface area contributed by atoms with E-state index in [1.54, 1.807) is 32.0 Å². The van der Waals surface area contributed by atoms with Gasteiger partial charge in [0.15, 0.2) is 5.06 Å². The van der Waals surface area contributed by atoms with Gasteiger partial charge in [0.2, 0.25) is 0 Å². The fourth-order valence-corrected chi connectivity index (χ4v) is 15.1. The van der Waals surface area contributed by atoms with Gasteiger partial charge in [-0.2, -0.15) is 0 Å². The molecule has 0 unspecified atom stereocenters. The highest BCUT2D eigenvalue weighted by atomic mass is 32.1. The minimum absolute atomic E-state index is 0.0675. The minimum atomic E-state index is 0.0675.